The first-order chi connectivity index (χ1) is 6.22. The van der Waals surface area contributed by atoms with Crippen LogP contribution in [0.15, 0.2) is 0 Å². The van der Waals surface area contributed by atoms with Crippen molar-refractivity contribution in [2.24, 2.45) is 5.92 Å². The third-order valence-electron chi connectivity index (χ3n) is 2.08. The lowest BCUT2D eigenvalue weighted by molar-refractivity contribution is 0.398. The van der Waals surface area contributed by atoms with Crippen LogP contribution in [-0.2, 0) is 0 Å². The van der Waals surface area contributed by atoms with E-state index in [1.165, 1.54) is 6.42 Å². The van der Waals surface area contributed by atoms with Gasteiger partial charge in [0.2, 0.25) is 0 Å². The molecule has 0 aromatic rings. The maximum Gasteiger partial charge on any atom is 0.0545 e. The third-order valence-corrected chi connectivity index (χ3v) is 2.95. The van der Waals surface area contributed by atoms with E-state index in [-0.39, 0.29) is 0 Å². The molecule has 2 heteroatoms. The summed E-state index contributed by atoms with van der Waals surface area (Å²) in [6.07, 6.45) is 6.36. The minimum atomic E-state index is 0.659. The number of hydrogen-bond acceptors (Lipinski definition) is 2. The molecule has 0 fully saturated rings. The molecule has 0 bridgehead atoms. The van der Waals surface area contributed by atoms with Gasteiger partial charge in [0.05, 0.1) is 5.75 Å². The fourth-order valence-corrected chi connectivity index (χ4v) is 1.82. The fourth-order valence-electron chi connectivity index (χ4n) is 1.30. The topological polar surface area (TPSA) is 12.0 Å². The highest BCUT2D eigenvalue weighted by Crippen LogP contribution is 2.05. The van der Waals surface area contributed by atoms with Gasteiger partial charge in [-0.3, -0.25) is 0 Å². The molecule has 0 aliphatic rings. The van der Waals surface area contributed by atoms with Crippen LogP contribution < -0.4 is 5.32 Å². The molecule has 1 N–H and O–H groups in total. The van der Waals surface area contributed by atoms with Gasteiger partial charge in [0.15, 0.2) is 0 Å². The van der Waals surface area contributed by atoms with Crippen LogP contribution in [0.4, 0.5) is 0 Å². The highest BCUT2D eigenvalue weighted by atomic mass is 32.2. The summed E-state index contributed by atoms with van der Waals surface area (Å²) < 4.78 is 0. The minimum Gasteiger partial charge on any atom is -0.313 e. The largest absolute Gasteiger partial charge is 0.313 e. The Morgan fingerprint density at radius 1 is 1.46 bits per heavy atom. The van der Waals surface area contributed by atoms with Gasteiger partial charge >= 0.3 is 0 Å². The Hall–Kier alpha value is -0.130. The van der Waals surface area contributed by atoms with E-state index in [1.54, 1.807) is 0 Å². The SMILES string of the molecule is C#CCSCCNC(CC)C(C)C. The zero-order valence-electron chi connectivity index (χ0n) is 8.97. The van der Waals surface area contributed by atoms with Gasteiger partial charge in [0, 0.05) is 18.3 Å². The number of thioether (sulfide) groups is 1. The second-order valence-corrected chi connectivity index (χ2v) is 4.57. The number of hydrogen-bond donors (Lipinski definition) is 1. The van der Waals surface area contributed by atoms with Crippen LogP contribution in [0.25, 0.3) is 0 Å². The van der Waals surface area contributed by atoms with E-state index >= 15 is 0 Å². The predicted molar refractivity (Wildman–Crippen MR) is 63.1 cm³/mol. The van der Waals surface area contributed by atoms with Gasteiger partial charge in [-0.15, -0.1) is 18.2 Å². The first-order valence-corrected chi connectivity index (χ1v) is 6.12. The molecular formula is C11H21NS. The first-order valence-electron chi connectivity index (χ1n) is 4.97. The van der Waals surface area contributed by atoms with Crippen LogP contribution in [0, 0.1) is 18.3 Å². The van der Waals surface area contributed by atoms with Crippen molar-refractivity contribution in [1.29, 1.82) is 0 Å². The molecule has 1 nitrogen and oxygen atoms in total. The Morgan fingerprint density at radius 3 is 2.62 bits per heavy atom. The lowest BCUT2D eigenvalue weighted by Gasteiger charge is -2.20. The molecule has 0 amide bonds. The molecule has 1 atom stereocenters. The van der Waals surface area contributed by atoms with Crippen LogP contribution in [0.5, 0.6) is 0 Å². The van der Waals surface area contributed by atoms with Crippen molar-refractivity contribution in [2.75, 3.05) is 18.1 Å². The van der Waals surface area contributed by atoms with E-state index < -0.39 is 0 Å². The van der Waals surface area contributed by atoms with Crippen molar-refractivity contribution in [3.05, 3.63) is 0 Å². The fraction of sp³-hybridized carbons (Fsp3) is 0.818. The van der Waals surface area contributed by atoms with Gasteiger partial charge in [-0.25, -0.2) is 0 Å². The van der Waals surface area contributed by atoms with Crippen LogP contribution in [-0.4, -0.2) is 24.1 Å². The van der Waals surface area contributed by atoms with Crippen molar-refractivity contribution in [3.63, 3.8) is 0 Å². The quantitative estimate of drug-likeness (QED) is 0.499. The summed E-state index contributed by atoms with van der Waals surface area (Å²) in [4.78, 5) is 0. The van der Waals surface area contributed by atoms with Gasteiger partial charge in [-0.05, 0) is 12.3 Å². The zero-order chi connectivity index (χ0) is 10.1. The number of terminal acetylenes is 1. The van der Waals surface area contributed by atoms with E-state index in [0.717, 1.165) is 24.0 Å². The highest BCUT2D eigenvalue weighted by Gasteiger charge is 2.08. The van der Waals surface area contributed by atoms with E-state index in [2.05, 4.69) is 32.0 Å². The molecule has 0 aliphatic heterocycles. The van der Waals surface area contributed by atoms with E-state index in [1.807, 2.05) is 11.8 Å². The minimum absolute atomic E-state index is 0.659. The first kappa shape index (κ1) is 12.9. The predicted octanol–water partition coefficient (Wildman–Crippen LogP) is 2.38. The summed E-state index contributed by atoms with van der Waals surface area (Å²) in [5.74, 6) is 5.30. The number of rotatable bonds is 7. The average Bonchev–Trinajstić information content (AvgIpc) is 2.10. The van der Waals surface area contributed by atoms with Crippen molar-refractivity contribution < 1.29 is 0 Å². The maximum absolute atomic E-state index is 5.15. The van der Waals surface area contributed by atoms with Crippen LogP contribution in [0.1, 0.15) is 27.2 Å². The summed E-state index contributed by atoms with van der Waals surface area (Å²) >= 11 is 1.82. The molecule has 0 heterocycles. The molecule has 13 heavy (non-hydrogen) atoms. The van der Waals surface area contributed by atoms with Gasteiger partial charge in [0.25, 0.3) is 0 Å². The smallest absolute Gasteiger partial charge is 0.0545 e. The Labute approximate surface area is 87.1 Å². The molecule has 0 spiro atoms. The molecule has 0 aliphatic carbocycles. The number of nitrogens with one attached hydrogen (secondary N) is 1. The molecule has 76 valence electrons. The Morgan fingerprint density at radius 2 is 2.15 bits per heavy atom. The Balaban J connectivity index is 3.34. The summed E-state index contributed by atoms with van der Waals surface area (Å²) in [5, 5.41) is 3.54. The van der Waals surface area contributed by atoms with Gasteiger partial charge in [-0.1, -0.05) is 26.7 Å². The zero-order valence-corrected chi connectivity index (χ0v) is 9.79. The molecule has 0 rings (SSSR count). The summed E-state index contributed by atoms with van der Waals surface area (Å²) in [7, 11) is 0. The molecule has 0 radical (unpaired) electrons. The van der Waals surface area contributed by atoms with Crippen LogP contribution in [0.2, 0.25) is 0 Å². The molecule has 0 saturated carbocycles. The van der Waals surface area contributed by atoms with Crippen LogP contribution in [0.3, 0.4) is 0 Å². The normalized spacial score (nSPS) is 12.8. The molecule has 0 aromatic heterocycles. The molecular weight excluding hydrogens is 178 g/mol. The van der Waals surface area contributed by atoms with E-state index in [4.69, 9.17) is 6.42 Å². The Bertz CT molecular complexity index is 149. The van der Waals surface area contributed by atoms with E-state index in [9.17, 15) is 0 Å². The summed E-state index contributed by atoms with van der Waals surface area (Å²) in [6, 6.07) is 0.659. The summed E-state index contributed by atoms with van der Waals surface area (Å²) in [5.41, 5.74) is 0. The van der Waals surface area contributed by atoms with Crippen molar-refractivity contribution in [1.82, 2.24) is 5.32 Å². The van der Waals surface area contributed by atoms with Gasteiger partial charge in [0.1, 0.15) is 0 Å². The van der Waals surface area contributed by atoms with Crippen molar-refractivity contribution in [3.8, 4) is 12.3 Å². The monoisotopic (exact) mass is 199 g/mol. The van der Waals surface area contributed by atoms with Gasteiger partial charge in [-0.2, -0.15) is 0 Å². The maximum atomic E-state index is 5.15. The second-order valence-electron chi connectivity index (χ2n) is 3.47. The molecule has 0 aromatic carbocycles. The standard InChI is InChI=1S/C11H21NS/c1-5-8-13-9-7-12-11(6-2)10(3)4/h1,10-12H,6-9H2,2-4H3. The summed E-state index contributed by atoms with van der Waals surface area (Å²) in [6.45, 7) is 7.82. The van der Waals surface area contributed by atoms with Gasteiger partial charge < -0.3 is 5.32 Å². The van der Waals surface area contributed by atoms with E-state index in [0.29, 0.717) is 6.04 Å². The highest BCUT2D eigenvalue weighted by molar-refractivity contribution is 7.99. The lowest BCUT2D eigenvalue weighted by atomic mass is 10.0. The molecule has 1 unspecified atom stereocenters. The average molecular weight is 199 g/mol. The van der Waals surface area contributed by atoms with Crippen molar-refractivity contribution >= 4 is 11.8 Å². The Kier molecular flexibility index (Phi) is 8.38. The van der Waals surface area contributed by atoms with Crippen molar-refractivity contribution in [2.45, 2.75) is 33.2 Å². The lowest BCUT2D eigenvalue weighted by Crippen LogP contribution is -2.34. The second kappa shape index (κ2) is 8.47. The molecule has 0 saturated heterocycles. The third kappa shape index (κ3) is 6.98. The van der Waals surface area contributed by atoms with Crippen LogP contribution >= 0.6 is 11.8 Å².